The van der Waals surface area contributed by atoms with Gasteiger partial charge in [-0.3, -0.25) is 9.78 Å². The van der Waals surface area contributed by atoms with E-state index in [0.29, 0.717) is 10.6 Å². The molecule has 4 nitrogen and oxygen atoms in total. The smallest absolute Gasteiger partial charge is 0.222 e. The Morgan fingerprint density at radius 2 is 2.00 bits per heavy atom. The molecular weight excluding hydrogens is 294 g/mol. The standard InChI is InChI=1S/C17H11N3OS/c21-17(15-5-3-9-22-15)14-11-20-10-12(6-7-16(20)19-14)13-4-1-2-8-18-13/h1-11H. The van der Waals surface area contributed by atoms with Crippen LogP contribution in [0.15, 0.2) is 66.4 Å². The van der Waals surface area contributed by atoms with Gasteiger partial charge in [0.25, 0.3) is 0 Å². The molecule has 0 bridgehead atoms. The van der Waals surface area contributed by atoms with Crippen LogP contribution in [0.4, 0.5) is 0 Å². The van der Waals surface area contributed by atoms with Crippen molar-refractivity contribution in [2.75, 3.05) is 0 Å². The third-order valence-electron chi connectivity index (χ3n) is 3.39. The zero-order valence-electron chi connectivity index (χ0n) is 11.5. The van der Waals surface area contributed by atoms with Crippen molar-refractivity contribution in [1.82, 2.24) is 14.4 Å². The number of hydrogen-bond acceptors (Lipinski definition) is 4. The molecule has 4 heterocycles. The Morgan fingerprint density at radius 1 is 1.05 bits per heavy atom. The van der Waals surface area contributed by atoms with E-state index in [1.54, 1.807) is 12.4 Å². The molecule has 0 unspecified atom stereocenters. The van der Waals surface area contributed by atoms with Crippen molar-refractivity contribution in [3.8, 4) is 11.3 Å². The minimum Gasteiger partial charge on any atom is -0.306 e. The number of hydrogen-bond donors (Lipinski definition) is 0. The lowest BCUT2D eigenvalue weighted by atomic mass is 10.2. The van der Waals surface area contributed by atoms with E-state index in [1.807, 2.05) is 58.4 Å². The van der Waals surface area contributed by atoms with Crippen molar-refractivity contribution in [2.45, 2.75) is 0 Å². The second kappa shape index (κ2) is 5.20. The predicted octanol–water partition coefficient (Wildman–Crippen LogP) is 3.69. The molecule has 0 radical (unpaired) electrons. The molecule has 4 rings (SSSR count). The molecule has 0 aromatic carbocycles. The first-order chi connectivity index (χ1) is 10.8. The average Bonchev–Trinajstić information content (AvgIpc) is 3.23. The second-order valence-corrected chi connectivity index (χ2v) is 5.78. The van der Waals surface area contributed by atoms with Crippen LogP contribution in [-0.2, 0) is 0 Å². The van der Waals surface area contributed by atoms with Gasteiger partial charge in [0.2, 0.25) is 5.78 Å². The van der Waals surface area contributed by atoms with Gasteiger partial charge in [0.05, 0.1) is 10.6 Å². The molecule has 0 aliphatic heterocycles. The fourth-order valence-corrected chi connectivity index (χ4v) is 2.99. The molecule has 4 aromatic heterocycles. The highest BCUT2D eigenvalue weighted by atomic mass is 32.1. The zero-order valence-corrected chi connectivity index (χ0v) is 12.3. The van der Waals surface area contributed by atoms with Gasteiger partial charge in [0.15, 0.2) is 0 Å². The summed E-state index contributed by atoms with van der Waals surface area (Å²) in [5.74, 6) is -0.0434. The van der Waals surface area contributed by atoms with Crippen LogP contribution in [0, 0.1) is 0 Å². The molecule has 0 N–H and O–H groups in total. The summed E-state index contributed by atoms with van der Waals surface area (Å²) in [7, 11) is 0. The number of imidazole rings is 1. The summed E-state index contributed by atoms with van der Waals surface area (Å²) < 4.78 is 1.87. The number of carbonyl (C=O) groups is 1. The average molecular weight is 305 g/mol. The molecule has 0 saturated carbocycles. The normalized spacial score (nSPS) is 10.9. The summed E-state index contributed by atoms with van der Waals surface area (Å²) in [5, 5.41) is 1.89. The number of fused-ring (bicyclic) bond motifs is 1. The number of nitrogens with zero attached hydrogens (tertiary/aromatic N) is 3. The number of aromatic nitrogens is 3. The Morgan fingerprint density at radius 3 is 2.77 bits per heavy atom. The molecule has 0 saturated heterocycles. The van der Waals surface area contributed by atoms with Gasteiger partial charge in [0.1, 0.15) is 11.3 Å². The minimum absolute atomic E-state index is 0.0434. The van der Waals surface area contributed by atoms with Gasteiger partial charge >= 0.3 is 0 Å². The number of pyridine rings is 2. The summed E-state index contributed by atoms with van der Waals surface area (Å²) in [6, 6.07) is 13.3. The first-order valence-corrected chi connectivity index (χ1v) is 7.67. The van der Waals surface area contributed by atoms with E-state index in [-0.39, 0.29) is 5.78 Å². The van der Waals surface area contributed by atoms with Gasteiger partial charge in [0, 0.05) is 24.2 Å². The highest BCUT2D eigenvalue weighted by Crippen LogP contribution is 2.19. The van der Waals surface area contributed by atoms with Gasteiger partial charge in [-0.05, 0) is 35.7 Å². The quantitative estimate of drug-likeness (QED) is 0.542. The Hall–Kier alpha value is -2.79. The Labute approximate surface area is 130 Å². The fourth-order valence-electron chi connectivity index (χ4n) is 2.32. The molecule has 0 fully saturated rings. The summed E-state index contributed by atoms with van der Waals surface area (Å²) in [6.45, 7) is 0. The van der Waals surface area contributed by atoms with E-state index < -0.39 is 0 Å². The largest absolute Gasteiger partial charge is 0.306 e. The van der Waals surface area contributed by atoms with Crippen LogP contribution >= 0.6 is 11.3 Å². The van der Waals surface area contributed by atoms with Crippen LogP contribution < -0.4 is 0 Å². The maximum absolute atomic E-state index is 12.4. The van der Waals surface area contributed by atoms with Crippen LogP contribution in [0.2, 0.25) is 0 Å². The van der Waals surface area contributed by atoms with E-state index in [2.05, 4.69) is 9.97 Å². The minimum atomic E-state index is -0.0434. The topological polar surface area (TPSA) is 47.3 Å². The van der Waals surface area contributed by atoms with Gasteiger partial charge in [-0.2, -0.15) is 0 Å². The van der Waals surface area contributed by atoms with E-state index in [4.69, 9.17) is 0 Å². The van der Waals surface area contributed by atoms with E-state index in [0.717, 1.165) is 16.9 Å². The van der Waals surface area contributed by atoms with Crippen LogP contribution in [0.1, 0.15) is 15.4 Å². The van der Waals surface area contributed by atoms with Gasteiger partial charge < -0.3 is 4.40 Å². The lowest BCUT2D eigenvalue weighted by Gasteiger charge is -2.00. The molecule has 0 aliphatic rings. The van der Waals surface area contributed by atoms with Crippen LogP contribution in [-0.4, -0.2) is 20.2 Å². The van der Waals surface area contributed by atoms with Crippen molar-refractivity contribution in [1.29, 1.82) is 0 Å². The highest BCUT2D eigenvalue weighted by Gasteiger charge is 2.14. The Balaban J connectivity index is 1.77. The van der Waals surface area contributed by atoms with Crippen LogP contribution in [0.3, 0.4) is 0 Å². The Kier molecular flexibility index (Phi) is 3.05. The first kappa shape index (κ1) is 12.9. The third kappa shape index (κ3) is 2.21. The molecule has 0 amide bonds. The molecular formula is C17H11N3OS. The molecule has 0 spiro atoms. The summed E-state index contributed by atoms with van der Waals surface area (Å²) in [4.78, 5) is 21.8. The van der Waals surface area contributed by atoms with Crippen molar-refractivity contribution in [3.63, 3.8) is 0 Å². The first-order valence-electron chi connectivity index (χ1n) is 6.80. The zero-order chi connectivity index (χ0) is 14.9. The summed E-state index contributed by atoms with van der Waals surface area (Å²) in [6.07, 6.45) is 5.47. The monoisotopic (exact) mass is 305 g/mol. The van der Waals surface area contributed by atoms with Crippen molar-refractivity contribution < 1.29 is 4.79 Å². The van der Waals surface area contributed by atoms with Gasteiger partial charge in [-0.1, -0.05) is 12.1 Å². The van der Waals surface area contributed by atoms with Gasteiger partial charge in [-0.25, -0.2) is 4.98 Å². The molecule has 5 heteroatoms. The fraction of sp³-hybridized carbons (Fsp3) is 0. The molecule has 0 aliphatic carbocycles. The van der Waals surface area contributed by atoms with E-state index >= 15 is 0 Å². The summed E-state index contributed by atoms with van der Waals surface area (Å²) in [5.41, 5.74) is 3.09. The maximum atomic E-state index is 12.4. The lowest BCUT2D eigenvalue weighted by Crippen LogP contribution is -1.98. The second-order valence-electron chi connectivity index (χ2n) is 4.83. The summed E-state index contributed by atoms with van der Waals surface area (Å²) >= 11 is 1.43. The van der Waals surface area contributed by atoms with Crippen molar-refractivity contribution in [3.05, 3.63) is 77.0 Å². The Bertz CT molecular complexity index is 943. The number of carbonyl (C=O) groups excluding carboxylic acids is 1. The maximum Gasteiger partial charge on any atom is 0.222 e. The number of ketones is 1. The molecule has 106 valence electrons. The molecule has 4 aromatic rings. The number of rotatable bonds is 3. The van der Waals surface area contributed by atoms with Crippen LogP contribution in [0.5, 0.6) is 0 Å². The third-order valence-corrected chi connectivity index (χ3v) is 4.26. The van der Waals surface area contributed by atoms with Crippen LogP contribution in [0.25, 0.3) is 16.9 Å². The lowest BCUT2D eigenvalue weighted by molar-refractivity contribution is 0.103. The molecule has 0 atom stereocenters. The predicted molar refractivity (Wildman–Crippen MR) is 86.2 cm³/mol. The van der Waals surface area contributed by atoms with Crippen molar-refractivity contribution in [2.24, 2.45) is 0 Å². The van der Waals surface area contributed by atoms with Gasteiger partial charge in [-0.15, -0.1) is 11.3 Å². The number of thiophene rings is 1. The van der Waals surface area contributed by atoms with E-state index in [1.165, 1.54) is 11.3 Å². The molecule has 22 heavy (non-hydrogen) atoms. The van der Waals surface area contributed by atoms with Crippen molar-refractivity contribution >= 4 is 22.8 Å². The van der Waals surface area contributed by atoms with E-state index in [9.17, 15) is 4.79 Å². The highest BCUT2D eigenvalue weighted by molar-refractivity contribution is 7.12. The SMILES string of the molecule is O=C(c1cn2cc(-c3ccccn3)ccc2n1)c1cccs1.